The molecule has 532 valence electrons. The first-order chi connectivity index (χ1) is 49.2. The molecular weight excluding hydrogens is 1320 g/mol. The lowest BCUT2D eigenvalue weighted by Crippen LogP contribution is -2.47. The van der Waals surface area contributed by atoms with Gasteiger partial charge >= 0.3 is 0 Å². The molecule has 4 aliphatic heterocycles. The van der Waals surface area contributed by atoms with E-state index in [4.69, 9.17) is 37.9 Å². The van der Waals surface area contributed by atoms with Crippen molar-refractivity contribution in [2.24, 2.45) is 0 Å². The van der Waals surface area contributed by atoms with E-state index in [1.807, 2.05) is 0 Å². The van der Waals surface area contributed by atoms with Gasteiger partial charge < -0.3 is 80.4 Å². The maximum atomic E-state index is 15.2. The minimum Gasteiger partial charge on any atom is -0.490 e. The Hall–Kier alpha value is -11.4. The molecule has 8 aromatic carbocycles. The van der Waals surface area contributed by atoms with E-state index in [2.05, 4.69) is 42.5 Å². The Kier molecular flexibility index (Phi) is 20.5. The van der Waals surface area contributed by atoms with Gasteiger partial charge in [-0.05, 0) is 223 Å². The van der Waals surface area contributed by atoms with Gasteiger partial charge in [-0.15, -0.1) is 0 Å². The molecule has 0 saturated heterocycles. The summed E-state index contributed by atoms with van der Waals surface area (Å²) < 4.78 is 52.9. The van der Waals surface area contributed by atoms with Gasteiger partial charge in [0.25, 0.3) is 47.3 Å². The first-order valence-corrected chi connectivity index (χ1v) is 33.7. The second-order valence-corrected chi connectivity index (χ2v) is 26.4. The number of hydrogen-bond acceptors (Lipinski definition) is 16. The highest BCUT2D eigenvalue weighted by atomic mass is 16.7. The van der Waals surface area contributed by atoms with E-state index in [-0.39, 0.29) is 143 Å². The van der Waals surface area contributed by atoms with Gasteiger partial charge in [-0.3, -0.25) is 38.4 Å². The largest absolute Gasteiger partial charge is 0.490 e. The molecule has 24 nitrogen and oxygen atoms in total. The number of aryl methyl sites for hydroxylation is 12. The fraction of sp³-hybridized carbons (Fsp3) is 0.291. The maximum Gasteiger partial charge on any atom is 0.259 e. The number of fused-ring (bicyclic) bond motifs is 22. The Morgan fingerprint density at radius 1 is 0.233 bits per heavy atom. The second-order valence-electron chi connectivity index (χ2n) is 26.4. The number of hydrogen-bond donors (Lipinski definition) is 8. The van der Waals surface area contributed by atoms with Gasteiger partial charge in [-0.1, -0.05) is 24.3 Å². The van der Waals surface area contributed by atoms with Gasteiger partial charge in [0.2, 0.25) is 5.79 Å². The Bertz CT molecular complexity index is 4330. The lowest BCUT2D eigenvalue weighted by atomic mass is 10.0. The van der Waals surface area contributed by atoms with Crippen molar-refractivity contribution in [1.82, 2.24) is 0 Å². The van der Waals surface area contributed by atoms with Crippen LogP contribution in [0.15, 0.2) is 97.1 Å². The first-order valence-electron chi connectivity index (χ1n) is 33.7. The van der Waals surface area contributed by atoms with Crippen LogP contribution >= 0.6 is 0 Å². The van der Waals surface area contributed by atoms with E-state index in [0.717, 1.165) is 0 Å². The van der Waals surface area contributed by atoms with Crippen molar-refractivity contribution in [3.63, 3.8) is 0 Å². The van der Waals surface area contributed by atoms with E-state index in [0.29, 0.717) is 89.5 Å². The van der Waals surface area contributed by atoms with Gasteiger partial charge in [-0.25, -0.2) is 0 Å². The topological polar surface area (TPSA) is 307 Å². The first kappa shape index (κ1) is 71.4. The zero-order valence-electron chi connectivity index (χ0n) is 59.3. The smallest absolute Gasteiger partial charge is 0.259 e. The molecule has 0 saturated carbocycles. The maximum absolute atomic E-state index is 15.2. The minimum absolute atomic E-state index is 0.0373. The third kappa shape index (κ3) is 15.4. The number of nitrogens with one attached hydrogen (secondary N) is 8. The molecule has 0 unspecified atom stereocenters. The van der Waals surface area contributed by atoms with Crippen LogP contribution < -0.4 is 61.5 Å². The number of rotatable bonds is 0. The molecule has 0 atom stereocenters. The number of anilines is 8. The van der Waals surface area contributed by atoms with Gasteiger partial charge in [0.1, 0.15) is 62.6 Å². The van der Waals surface area contributed by atoms with Crippen LogP contribution in [0.5, 0.6) is 23.0 Å². The lowest BCUT2D eigenvalue weighted by molar-refractivity contribution is -0.286. The van der Waals surface area contributed by atoms with E-state index in [1.165, 1.54) is 0 Å². The van der Waals surface area contributed by atoms with E-state index in [1.54, 1.807) is 180 Å². The van der Waals surface area contributed by atoms with Crippen molar-refractivity contribution in [2.75, 3.05) is 109 Å². The Balaban J connectivity index is 1.09. The fourth-order valence-corrected chi connectivity index (χ4v) is 12.9. The fourth-order valence-electron chi connectivity index (χ4n) is 12.9. The SMILES string of the molecule is Cc1cc2c3c(c1)C(=O)Nc1cc(c(C)cc1C)NC(=O)c1cc(C)cc4c1OCCOC1(COCCO3)COCCOc3c(cc(C)cc3C(=O)Nc3cc(c(C)cc3C)NC4=O)C(=O)Nc3cc(c(C)cc3C)NC(=O)c3cc(C)cc(c3OCCO1)C(=O)Nc1cc(c(C)cc1C)NC2=O. The molecule has 103 heavy (non-hydrogen) atoms. The molecule has 0 fully saturated rings. The summed E-state index contributed by atoms with van der Waals surface area (Å²) >= 11 is 0. The summed E-state index contributed by atoms with van der Waals surface area (Å²) in [5, 5.41) is 24.1. The summed E-state index contributed by atoms with van der Waals surface area (Å²) in [6.07, 6.45) is 0. The van der Waals surface area contributed by atoms with Crippen LogP contribution in [0.4, 0.5) is 45.5 Å². The Morgan fingerprint density at radius 3 is 0.592 bits per heavy atom. The van der Waals surface area contributed by atoms with Gasteiger partial charge in [0.05, 0.1) is 70.9 Å². The third-order valence-corrected chi connectivity index (χ3v) is 18.1. The summed E-state index contributed by atoms with van der Waals surface area (Å²) in [4.78, 5) is 121. The summed E-state index contributed by atoms with van der Waals surface area (Å²) in [5.41, 5.74) is 8.87. The summed E-state index contributed by atoms with van der Waals surface area (Å²) in [7, 11) is 0. The van der Waals surface area contributed by atoms with Crippen LogP contribution in [0.2, 0.25) is 0 Å². The molecule has 8 amide bonds. The standard InChI is InChI=1S/C79H80N8O16/c1-39-21-51-67-52(22-39)72(89)81-60-34-64(48(10)30-44(60)6)85-76(93)56-26-42(4)28-58-70(56)101-18-20-103-79(37-96-13-15-98-67)38-97-14-16-99-68-53(23-40(2)24-54(68)74(91)83-62-36-66(87-78(58)95)50(12)32-46(62)8)73(90)82-61-35-65(49(11)31-45(61)7)86-77(94)57-27-41(3)25-55(69(57)100-17-19-102-79)75(92)84-63-33-59(80-71(51)88)43(5)29-47(63)9/h21-36H,13-20,37-38H2,1-12H3,(H,80,88)(H,81,89)(H,82,90)(H,83,91)(H,84,92)(H,85,93)(H,86,94)(H,87,95). The monoisotopic (exact) mass is 1400 g/mol. The van der Waals surface area contributed by atoms with E-state index in [9.17, 15) is 0 Å². The molecular formula is C79H80N8O16. The molecule has 1 spiro atoms. The summed E-state index contributed by atoms with van der Waals surface area (Å²) in [6.45, 7) is 17.7. The van der Waals surface area contributed by atoms with Crippen LogP contribution in [0.25, 0.3) is 0 Å². The normalized spacial score (nSPS) is 16.2. The predicted octanol–water partition coefficient (Wildman–Crippen LogP) is 13.0. The van der Waals surface area contributed by atoms with Crippen LogP contribution in [0.3, 0.4) is 0 Å². The molecule has 12 rings (SSSR count). The van der Waals surface area contributed by atoms with E-state index < -0.39 is 66.3 Å². The van der Waals surface area contributed by atoms with Crippen molar-refractivity contribution >= 4 is 92.8 Å². The number of carbonyl (C=O) groups is 8. The van der Waals surface area contributed by atoms with Gasteiger partial charge in [0.15, 0.2) is 0 Å². The van der Waals surface area contributed by atoms with Crippen molar-refractivity contribution < 1.29 is 76.3 Å². The van der Waals surface area contributed by atoms with Crippen LogP contribution in [0.1, 0.15) is 150 Å². The van der Waals surface area contributed by atoms with Crippen molar-refractivity contribution in [2.45, 2.75) is 88.9 Å². The summed E-state index contributed by atoms with van der Waals surface area (Å²) in [6, 6.07) is 26.2. The minimum atomic E-state index is -1.99. The van der Waals surface area contributed by atoms with Crippen molar-refractivity contribution in [3.05, 3.63) is 208 Å². The zero-order valence-corrected chi connectivity index (χ0v) is 59.3. The van der Waals surface area contributed by atoms with Crippen LogP contribution in [-0.4, -0.2) is 119 Å². The molecule has 4 aliphatic rings. The molecule has 24 heteroatoms. The highest BCUT2D eigenvalue weighted by molar-refractivity contribution is 6.18. The van der Waals surface area contributed by atoms with Crippen molar-refractivity contribution in [3.8, 4) is 23.0 Å². The Morgan fingerprint density at radius 2 is 0.408 bits per heavy atom. The number of benzene rings is 8. The average Bonchev–Trinajstić information content (AvgIpc) is 0.983. The second kappa shape index (κ2) is 29.6. The molecule has 0 radical (unpaired) electrons. The molecule has 8 N–H and O–H groups in total. The zero-order chi connectivity index (χ0) is 73.3. The van der Waals surface area contributed by atoms with E-state index >= 15 is 38.4 Å². The molecule has 4 heterocycles. The van der Waals surface area contributed by atoms with Gasteiger partial charge in [-0.2, -0.15) is 0 Å². The van der Waals surface area contributed by atoms with Gasteiger partial charge in [0, 0.05) is 45.5 Å². The molecule has 0 aromatic heterocycles. The number of amides is 8. The quantitative estimate of drug-likeness (QED) is 0.0700. The predicted molar refractivity (Wildman–Crippen MR) is 390 cm³/mol. The Labute approximate surface area is 595 Å². The highest BCUT2D eigenvalue weighted by Crippen LogP contribution is 2.39. The number of ether oxygens (including phenoxy) is 8. The average molecular weight is 1400 g/mol. The third-order valence-electron chi connectivity index (χ3n) is 18.1. The van der Waals surface area contributed by atoms with Crippen LogP contribution in [-0.2, 0) is 18.9 Å². The van der Waals surface area contributed by atoms with Crippen molar-refractivity contribution in [1.29, 1.82) is 0 Å². The molecule has 0 aliphatic carbocycles. The molecule has 8 aromatic rings. The van der Waals surface area contributed by atoms with Crippen LogP contribution in [0, 0.1) is 83.1 Å². The lowest BCUT2D eigenvalue weighted by Gasteiger charge is -2.33. The summed E-state index contributed by atoms with van der Waals surface area (Å²) in [5.74, 6) is -8.02. The highest BCUT2D eigenvalue weighted by Gasteiger charge is 2.36. The molecule has 13 bridgehead atoms. The number of carbonyl (C=O) groups excluding carboxylic acids is 8.